The van der Waals surface area contributed by atoms with Gasteiger partial charge in [0, 0.05) is 36.5 Å². The van der Waals surface area contributed by atoms with Crippen molar-refractivity contribution in [1.29, 1.82) is 0 Å². The van der Waals surface area contributed by atoms with Gasteiger partial charge >= 0.3 is 0 Å². The predicted octanol–water partition coefficient (Wildman–Crippen LogP) is 9.08. The van der Waals surface area contributed by atoms with Crippen molar-refractivity contribution in [1.82, 2.24) is 9.13 Å². The highest BCUT2D eigenvalue weighted by atomic mass is 28.3. The van der Waals surface area contributed by atoms with Crippen LogP contribution in [-0.2, 0) is 14.1 Å². The highest BCUT2D eigenvalue weighted by Gasteiger charge is 2.53. The fourth-order valence-corrected chi connectivity index (χ4v) is 23.1. The average molecular weight is 639 g/mol. The lowest BCUT2D eigenvalue weighted by molar-refractivity contribution is 0.930. The molecular formula is C42H50N2Si2. The van der Waals surface area contributed by atoms with Crippen LogP contribution in [0, 0.1) is 0 Å². The van der Waals surface area contributed by atoms with Gasteiger partial charge in [-0.25, -0.2) is 0 Å². The van der Waals surface area contributed by atoms with E-state index in [1.807, 2.05) is 0 Å². The van der Waals surface area contributed by atoms with E-state index in [-0.39, 0.29) is 0 Å². The Balaban J connectivity index is 0.000000147. The van der Waals surface area contributed by atoms with Crippen molar-refractivity contribution in [3.8, 4) is 22.5 Å². The maximum absolute atomic E-state index is 2.44. The van der Waals surface area contributed by atoms with Crippen LogP contribution < -0.4 is 20.7 Å². The summed E-state index contributed by atoms with van der Waals surface area (Å²) in [6, 6.07) is 36.3. The van der Waals surface area contributed by atoms with Crippen molar-refractivity contribution in [3.63, 3.8) is 0 Å². The summed E-state index contributed by atoms with van der Waals surface area (Å²) in [5, 5.41) is 9.63. The number of aromatic nitrogens is 2. The molecule has 0 aliphatic carbocycles. The molecule has 8 rings (SSSR count). The third-order valence-electron chi connectivity index (χ3n) is 11.9. The van der Waals surface area contributed by atoms with E-state index in [2.05, 4.69) is 176 Å². The van der Waals surface area contributed by atoms with Crippen LogP contribution in [0.5, 0.6) is 0 Å². The number of nitrogens with zero attached hydrogens (tertiary/aromatic N) is 2. The van der Waals surface area contributed by atoms with E-state index >= 15 is 0 Å². The fourth-order valence-electron chi connectivity index (χ4n) is 10.4. The van der Waals surface area contributed by atoms with Gasteiger partial charge in [-0.2, -0.15) is 0 Å². The molecule has 0 spiro atoms. The molecule has 0 atom stereocenters. The van der Waals surface area contributed by atoms with Gasteiger partial charge in [-0.1, -0.05) is 140 Å². The molecule has 0 saturated carbocycles. The van der Waals surface area contributed by atoms with Crippen LogP contribution in [0.4, 0.5) is 0 Å². The number of para-hydroxylation sites is 2. The SMILES string of the molecule is CC(C)[Si]1(C(C)C)c2ccccc2-c2c1c1ccccc1n2C.CC(C)[Si]1(C(C)C)c2ccccc2-c2c1c1ccccc1n2C. The van der Waals surface area contributed by atoms with Gasteiger partial charge in [-0.05, 0) is 76.9 Å². The first kappa shape index (κ1) is 31.0. The monoisotopic (exact) mass is 638 g/mol. The number of fused-ring (bicyclic) bond motifs is 10. The van der Waals surface area contributed by atoms with Crippen LogP contribution in [0.15, 0.2) is 97.1 Å². The molecule has 2 aliphatic rings. The summed E-state index contributed by atoms with van der Waals surface area (Å²) >= 11 is 0. The zero-order valence-corrected chi connectivity index (χ0v) is 31.4. The summed E-state index contributed by atoms with van der Waals surface area (Å²) < 4.78 is 4.87. The summed E-state index contributed by atoms with van der Waals surface area (Å²) in [7, 11) is 0.893. The van der Waals surface area contributed by atoms with Gasteiger partial charge in [-0.3, -0.25) is 0 Å². The summed E-state index contributed by atoms with van der Waals surface area (Å²) in [6.45, 7) is 19.6. The van der Waals surface area contributed by atoms with E-state index in [0.29, 0.717) is 22.2 Å². The van der Waals surface area contributed by atoms with Crippen LogP contribution in [0.2, 0.25) is 22.2 Å². The molecule has 4 aromatic carbocycles. The van der Waals surface area contributed by atoms with E-state index in [0.717, 1.165) is 0 Å². The normalized spacial score (nSPS) is 15.4. The smallest absolute Gasteiger partial charge is 0.127 e. The van der Waals surface area contributed by atoms with Crippen LogP contribution in [0.3, 0.4) is 0 Å². The lowest BCUT2D eigenvalue weighted by atomic mass is 10.1. The van der Waals surface area contributed by atoms with E-state index in [9.17, 15) is 0 Å². The average Bonchev–Trinajstić information content (AvgIpc) is 3.72. The van der Waals surface area contributed by atoms with Crippen molar-refractivity contribution in [3.05, 3.63) is 97.1 Å². The van der Waals surface area contributed by atoms with E-state index < -0.39 is 16.1 Å². The molecule has 4 heterocycles. The van der Waals surface area contributed by atoms with Gasteiger partial charge in [-0.15, -0.1) is 0 Å². The minimum absolute atomic E-state index is 0.690. The predicted molar refractivity (Wildman–Crippen MR) is 207 cm³/mol. The molecule has 4 heteroatoms. The maximum atomic E-state index is 2.44. The Bertz CT molecular complexity index is 1940. The molecule has 2 aliphatic heterocycles. The van der Waals surface area contributed by atoms with Crippen molar-refractivity contribution >= 4 is 58.7 Å². The fraction of sp³-hybridized carbons (Fsp3) is 0.333. The van der Waals surface area contributed by atoms with Crippen molar-refractivity contribution in [2.75, 3.05) is 0 Å². The quantitative estimate of drug-likeness (QED) is 0.171. The molecule has 0 fully saturated rings. The van der Waals surface area contributed by atoms with Gasteiger partial charge in [0.2, 0.25) is 0 Å². The van der Waals surface area contributed by atoms with Crippen molar-refractivity contribution in [2.45, 2.75) is 77.6 Å². The molecule has 0 radical (unpaired) electrons. The Morgan fingerprint density at radius 1 is 0.413 bits per heavy atom. The number of aryl methyl sites for hydroxylation is 2. The second kappa shape index (κ2) is 11.0. The molecule has 0 unspecified atom stereocenters. The Kier molecular flexibility index (Phi) is 7.41. The number of benzene rings is 4. The lowest BCUT2D eigenvalue weighted by Gasteiger charge is -2.37. The Morgan fingerprint density at radius 2 is 0.717 bits per heavy atom. The van der Waals surface area contributed by atoms with Gasteiger partial charge in [0.25, 0.3) is 0 Å². The zero-order valence-electron chi connectivity index (χ0n) is 29.4. The second-order valence-electron chi connectivity index (χ2n) is 15.0. The summed E-state index contributed by atoms with van der Waals surface area (Å²) in [5.41, 5.74) is 11.4. The van der Waals surface area contributed by atoms with Gasteiger partial charge < -0.3 is 9.13 Å². The minimum atomic E-state index is -1.79. The largest absolute Gasteiger partial charge is 0.344 e. The number of hydrogen-bond donors (Lipinski definition) is 0. The summed E-state index contributed by atoms with van der Waals surface area (Å²) in [6.07, 6.45) is 0. The first-order chi connectivity index (χ1) is 22.0. The van der Waals surface area contributed by atoms with Gasteiger partial charge in [0.15, 0.2) is 0 Å². The highest BCUT2D eigenvalue weighted by molar-refractivity contribution is 7.09. The number of rotatable bonds is 4. The molecular weight excluding hydrogens is 589 g/mol. The minimum Gasteiger partial charge on any atom is -0.344 e. The molecule has 0 bridgehead atoms. The van der Waals surface area contributed by atoms with E-state index in [4.69, 9.17) is 0 Å². The first-order valence-electron chi connectivity index (χ1n) is 17.4. The molecule has 2 nitrogen and oxygen atoms in total. The topological polar surface area (TPSA) is 9.86 Å². The van der Waals surface area contributed by atoms with Crippen LogP contribution in [-0.4, -0.2) is 25.3 Å². The molecule has 6 aromatic rings. The Morgan fingerprint density at radius 3 is 1.07 bits per heavy atom. The number of hydrogen-bond acceptors (Lipinski definition) is 0. The summed E-state index contributed by atoms with van der Waals surface area (Å²) in [5.74, 6) is 0. The zero-order chi connectivity index (χ0) is 32.7. The van der Waals surface area contributed by atoms with Crippen molar-refractivity contribution < 1.29 is 0 Å². The molecule has 0 amide bonds. The van der Waals surface area contributed by atoms with E-state index in [1.165, 1.54) is 44.3 Å². The van der Waals surface area contributed by atoms with Gasteiger partial charge in [0.1, 0.15) is 16.1 Å². The summed E-state index contributed by atoms with van der Waals surface area (Å²) in [4.78, 5) is 0. The van der Waals surface area contributed by atoms with Crippen LogP contribution in [0.1, 0.15) is 55.4 Å². The Labute approximate surface area is 278 Å². The lowest BCUT2D eigenvalue weighted by Crippen LogP contribution is -2.60. The third kappa shape index (κ3) is 3.80. The van der Waals surface area contributed by atoms with E-state index in [1.54, 1.807) is 20.7 Å². The second-order valence-corrected chi connectivity index (χ2v) is 25.2. The molecule has 236 valence electrons. The van der Waals surface area contributed by atoms with Crippen molar-refractivity contribution in [2.24, 2.45) is 14.1 Å². The molecule has 0 N–H and O–H groups in total. The first-order valence-corrected chi connectivity index (χ1v) is 21.7. The standard InChI is InChI=1S/2C21H25NSi/c2*1-14(2)23(15(3)4)19-13-9-7-11-17(19)20-21(23)16-10-6-8-12-18(16)22(20)5/h2*6-15H,1-5H3. The molecule has 0 saturated heterocycles. The van der Waals surface area contributed by atoms with Crippen LogP contribution in [0.25, 0.3) is 44.3 Å². The maximum Gasteiger partial charge on any atom is 0.127 e. The van der Waals surface area contributed by atoms with Crippen LogP contribution >= 0.6 is 0 Å². The third-order valence-corrected chi connectivity index (χ3v) is 24.5. The molecule has 46 heavy (non-hydrogen) atoms. The molecule has 2 aromatic heterocycles. The Hall–Kier alpha value is -3.61. The highest BCUT2D eigenvalue weighted by Crippen LogP contribution is 2.45. The van der Waals surface area contributed by atoms with Gasteiger partial charge in [0.05, 0.1) is 0 Å².